The number of hydrogen-bond donors (Lipinski definition) is 1. The lowest BCUT2D eigenvalue weighted by Gasteiger charge is -2.07. The van der Waals surface area contributed by atoms with E-state index in [1.165, 1.54) is 12.1 Å². The number of aromatic nitrogens is 2. The summed E-state index contributed by atoms with van der Waals surface area (Å²) in [5.74, 6) is -0.224. The van der Waals surface area contributed by atoms with Gasteiger partial charge in [-0.1, -0.05) is 18.2 Å². The van der Waals surface area contributed by atoms with Crippen LogP contribution in [0.1, 0.15) is 5.69 Å². The van der Waals surface area contributed by atoms with Crippen LogP contribution >= 0.6 is 22.6 Å². The first kappa shape index (κ1) is 14.1. The summed E-state index contributed by atoms with van der Waals surface area (Å²) in [6, 6.07) is 16.6. The molecule has 0 aliphatic rings. The summed E-state index contributed by atoms with van der Waals surface area (Å²) in [7, 11) is 0. The molecule has 0 unspecified atom stereocenters. The van der Waals surface area contributed by atoms with Crippen LogP contribution in [0, 0.1) is 9.39 Å². The van der Waals surface area contributed by atoms with Crippen molar-refractivity contribution in [2.24, 2.45) is 0 Å². The lowest BCUT2D eigenvalue weighted by molar-refractivity contribution is 0.627. The first-order chi connectivity index (χ1) is 10.2. The Balaban J connectivity index is 1.70. The fourth-order valence-electron chi connectivity index (χ4n) is 2.00. The van der Waals surface area contributed by atoms with Gasteiger partial charge in [-0.25, -0.2) is 9.07 Å². The first-order valence-corrected chi connectivity index (χ1v) is 7.59. The summed E-state index contributed by atoms with van der Waals surface area (Å²) < 4.78 is 15.8. The number of rotatable bonds is 4. The van der Waals surface area contributed by atoms with Crippen molar-refractivity contribution in [1.29, 1.82) is 0 Å². The maximum atomic E-state index is 13.1. The Hall–Kier alpha value is -1.89. The van der Waals surface area contributed by atoms with Crippen LogP contribution < -0.4 is 5.32 Å². The molecule has 1 aromatic heterocycles. The van der Waals surface area contributed by atoms with Crippen molar-refractivity contribution in [3.05, 3.63) is 75.9 Å². The summed E-state index contributed by atoms with van der Waals surface area (Å²) >= 11 is 2.12. The summed E-state index contributed by atoms with van der Waals surface area (Å²) in [6.07, 6.45) is 1.93. The maximum absolute atomic E-state index is 13.1. The Morgan fingerprint density at radius 1 is 1.10 bits per heavy atom. The number of benzene rings is 2. The van der Waals surface area contributed by atoms with Gasteiger partial charge in [0.15, 0.2) is 0 Å². The third-order valence-electron chi connectivity index (χ3n) is 3.06. The molecule has 1 heterocycles. The van der Waals surface area contributed by atoms with Crippen LogP contribution in [0.4, 0.5) is 10.1 Å². The molecule has 3 nitrogen and oxygen atoms in total. The molecule has 0 spiro atoms. The number of para-hydroxylation sites is 1. The van der Waals surface area contributed by atoms with Crippen molar-refractivity contribution in [2.75, 3.05) is 5.32 Å². The molecule has 3 aromatic rings. The van der Waals surface area contributed by atoms with E-state index in [1.54, 1.807) is 6.07 Å². The van der Waals surface area contributed by atoms with E-state index in [9.17, 15) is 4.39 Å². The molecule has 3 rings (SSSR count). The third kappa shape index (κ3) is 3.41. The van der Waals surface area contributed by atoms with Crippen molar-refractivity contribution in [3.63, 3.8) is 0 Å². The minimum atomic E-state index is -0.224. The first-order valence-electron chi connectivity index (χ1n) is 6.51. The predicted octanol–water partition coefficient (Wildman–Crippen LogP) is 4.23. The molecule has 0 aliphatic heterocycles. The fourth-order valence-corrected chi connectivity index (χ4v) is 2.67. The second kappa shape index (κ2) is 6.26. The summed E-state index contributed by atoms with van der Waals surface area (Å²) in [6.45, 7) is 0.599. The van der Waals surface area contributed by atoms with Crippen LogP contribution in [-0.2, 0) is 6.54 Å². The summed E-state index contributed by atoms with van der Waals surface area (Å²) in [5, 5.41) is 7.79. The molecule has 0 saturated carbocycles. The molecule has 0 fully saturated rings. The van der Waals surface area contributed by atoms with Gasteiger partial charge in [0.05, 0.1) is 17.9 Å². The van der Waals surface area contributed by atoms with E-state index in [2.05, 4.69) is 33.0 Å². The molecular weight excluding hydrogens is 380 g/mol. The van der Waals surface area contributed by atoms with E-state index < -0.39 is 0 Å². The van der Waals surface area contributed by atoms with Gasteiger partial charge in [0.1, 0.15) is 5.82 Å². The smallest absolute Gasteiger partial charge is 0.124 e. The van der Waals surface area contributed by atoms with E-state index >= 15 is 0 Å². The summed E-state index contributed by atoms with van der Waals surface area (Å²) in [5.41, 5.74) is 2.87. The minimum absolute atomic E-state index is 0.224. The number of halogens is 2. The molecule has 2 aromatic carbocycles. The van der Waals surface area contributed by atoms with Crippen LogP contribution in [0.25, 0.3) is 5.69 Å². The van der Waals surface area contributed by atoms with E-state index in [0.717, 1.165) is 20.6 Å². The Labute approximate surface area is 135 Å². The standard InChI is InChI=1S/C16H13FIN3/c17-12-6-7-16(15(18)10-12)19-11-13-8-9-21(20-13)14-4-2-1-3-5-14/h1-10,19H,11H2. The maximum Gasteiger partial charge on any atom is 0.124 e. The van der Waals surface area contributed by atoms with Gasteiger partial charge in [0.25, 0.3) is 0 Å². The van der Waals surface area contributed by atoms with Crippen molar-refractivity contribution in [2.45, 2.75) is 6.54 Å². The normalized spacial score (nSPS) is 10.6. The Kier molecular flexibility index (Phi) is 4.19. The summed E-state index contributed by atoms with van der Waals surface area (Å²) in [4.78, 5) is 0. The quantitative estimate of drug-likeness (QED) is 0.673. The average Bonchev–Trinajstić information content (AvgIpc) is 2.96. The van der Waals surface area contributed by atoms with Crippen LogP contribution in [0.5, 0.6) is 0 Å². The molecular formula is C16H13FIN3. The fraction of sp³-hybridized carbons (Fsp3) is 0.0625. The molecule has 21 heavy (non-hydrogen) atoms. The van der Waals surface area contributed by atoms with Crippen molar-refractivity contribution in [3.8, 4) is 5.69 Å². The van der Waals surface area contributed by atoms with Crippen LogP contribution in [-0.4, -0.2) is 9.78 Å². The lowest BCUT2D eigenvalue weighted by Crippen LogP contribution is -2.03. The number of anilines is 1. The third-order valence-corrected chi connectivity index (χ3v) is 3.95. The molecule has 5 heteroatoms. The van der Waals surface area contributed by atoms with Gasteiger partial charge in [0, 0.05) is 15.5 Å². The van der Waals surface area contributed by atoms with Crippen LogP contribution in [0.15, 0.2) is 60.8 Å². The van der Waals surface area contributed by atoms with Gasteiger partial charge in [-0.3, -0.25) is 0 Å². The molecule has 0 saturated heterocycles. The molecule has 0 aliphatic carbocycles. The lowest BCUT2D eigenvalue weighted by atomic mass is 10.3. The topological polar surface area (TPSA) is 29.9 Å². The van der Waals surface area contributed by atoms with Gasteiger partial charge in [-0.05, 0) is 59.0 Å². The van der Waals surface area contributed by atoms with E-state index in [-0.39, 0.29) is 5.82 Å². The average molecular weight is 393 g/mol. The molecule has 106 valence electrons. The molecule has 0 atom stereocenters. The van der Waals surface area contributed by atoms with Gasteiger partial charge >= 0.3 is 0 Å². The highest BCUT2D eigenvalue weighted by atomic mass is 127. The SMILES string of the molecule is Fc1ccc(NCc2ccn(-c3ccccc3)n2)c(I)c1. The Bertz CT molecular complexity index is 740. The number of hydrogen-bond acceptors (Lipinski definition) is 2. The monoisotopic (exact) mass is 393 g/mol. The number of nitrogens with one attached hydrogen (secondary N) is 1. The predicted molar refractivity (Wildman–Crippen MR) is 90.0 cm³/mol. The van der Waals surface area contributed by atoms with Crippen molar-refractivity contribution in [1.82, 2.24) is 9.78 Å². The zero-order chi connectivity index (χ0) is 14.7. The largest absolute Gasteiger partial charge is 0.378 e. The molecule has 0 bridgehead atoms. The highest BCUT2D eigenvalue weighted by molar-refractivity contribution is 14.1. The van der Waals surface area contributed by atoms with Gasteiger partial charge in [-0.15, -0.1) is 0 Å². The highest BCUT2D eigenvalue weighted by Crippen LogP contribution is 2.19. The minimum Gasteiger partial charge on any atom is -0.378 e. The zero-order valence-electron chi connectivity index (χ0n) is 11.1. The van der Waals surface area contributed by atoms with Crippen molar-refractivity contribution < 1.29 is 4.39 Å². The van der Waals surface area contributed by atoms with Gasteiger partial charge < -0.3 is 5.32 Å². The van der Waals surface area contributed by atoms with Gasteiger partial charge in [-0.2, -0.15) is 5.10 Å². The number of nitrogens with zero attached hydrogens (tertiary/aromatic N) is 2. The van der Waals surface area contributed by atoms with E-state index in [1.807, 2.05) is 47.3 Å². The Morgan fingerprint density at radius 2 is 1.90 bits per heavy atom. The molecule has 1 N–H and O–H groups in total. The van der Waals surface area contributed by atoms with E-state index in [0.29, 0.717) is 6.54 Å². The van der Waals surface area contributed by atoms with Gasteiger partial charge in [0.2, 0.25) is 0 Å². The zero-order valence-corrected chi connectivity index (χ0v) is 13.3. The van der Waals surface area contributed by atoms with E-state index in [4.69, 9.17) is 0 Å². The highest BCUT2D eigenvalue weighted by Gasteiger charge is 2.04. The molecule has 0 radical (unpaired) electrons. The second-order valence-corrected chi connectivity index (χ2v) is 5.73. The van der Waals surface area contributed by atoms with Crippen LogP contribution in [0.2, 0.25) is 0 Å². The van der Waals surface area contributed by atoms with Crippen molar-refractivity contribution >= 4 is 28.3 Å². The second-order valence-electron chi connectivity index (χ2n) is 4.56. The van der Waals surface area contributed by atoms with Crippen LogP contribution in [0.3, 0.4) is 0 Å². The Morgan fingerprint density at radius 3 is 2.67 bits per heavy atom. The molecule has 0 amide bonds.